The number of H-pyrrole nitrogens is 1. The van der Waals surface area contributed by atoms with Gasteiger partial charge in [-0.05, 0) is 37.0 Å². The molecular formula is C17H23N3O. The Labute approximate surface area is 125 Å². The van der Waals surface area contributed by atoms with E-state index in [1.165, 1.54) is 31.4 Å². The standard InChI is InChI=1S/C17H23N3O/c1-3-17(10-4-5-11-17)15-14(16(18)20-19-15)12-6-8-13(21-2)9-7-12/h6-9H,3-5,10-11H2,1-2H3,(H3,18,19,20). The Kier molecular flexibility index (Phi) is 3.62. The molecule has 0 radical (unpaired) electrons. The first-order valence-electron chi connectivity index (χ1n) is 7.69. The van der Waals surface area contributed by atoms with Crippen molar-refractivity contribution < 1.29 is 4.74 Å². The van der Waals surface area contributed by atoms with E-state index >= 15 is 0 Å². The maximum absolute atomic E-state index is 6.15. The van der Waals surface area contributed by atoms with Crippen LogP contribution in [0.2, 0.25) is 0 Å². The minimum absolute atomic E-state index is 0.208. The summed E-state index contributed by atoms with van der Waals surface area (Å²) in [4.78, 5) is 0. The van der Waals surface area contributed by atoms with Gasteiger partial charge < -0.3 is 10.5 Å². The van der Waals surface area contributed by atoms with Gasteiger partial charge >= 0.3 is 0 Å². The van der Waals surface area contributed by atoms with E-state index in [-0.39, 0.29) is 5.41 Å². The molecule has 1 aromatic carbocycles. The Hall–Kier alpha value is -1.97. The maximum Gasteiger partial charge on any atom is 0.153 e. The SMILES string of the molecule is CCC1(c2[nH]nc(N)c2-c2ccc(OC)cc2)CCCC1. The second-order valence-corrected chi connectivity index (χ2v) is 5.93. The van der Waals surface area contributed by atoms with Gasteiger partial charge in [0.15, 0.2) is 5.82 Å². The van der Waals surface area contributed by atoms with Crippen molar-refractivity contribution in [3.8, 4) is 16.9 Å². The molecule has 1 aliphatic rings. The number of aromatic amines is 1. The predicted octanol–water partition coefficient (Wildman–Crippen LogP) is 3.89. The van der Waals surface area contributed by atoms with Gasteiger partial charge in [0, 0.05) is 11.0 Å². The van der Waals surface area contributed by atoms with Crippen molar-refractivity contribution in [2.45, 2.75) is 44.4 Å². The normalized spacial score (nSPS) is 17.0. The molecule has 112 valence electrons. The molecule has 4 nitrogen and oxygen atoms in total. The molecule has 1 saturated carbocycles. The molecule has 0 atom stereocenters. The highest BCUT2D eigenvalue weighted by atomic mass is 16.5. The number of hydrogen-bond donors (Lipinski definition) is 2. The van der Waals surface area contributed by atoms with Crippen LogP contribution in [0.3, 0.4) is 0 Å². The van der Waals surface area contributed by atoms with E-state index in [0.29, 0.717) is 5.82 Å². The van der Waals surface area contributed by atoms with Crippen LogP contribution in [0.15, 0.2) is 24.3 Å². The number of nitrogens with one attached hydrogen (secondary N) is 1. The molecule has 0 saturated heterocycles. The van der Waals surface area contributed by atoms with Crippen molar-refractivity contribution in [1.29, 1.82) is 0 Å². The van der Waals surface area contributed by atoms with Crippen LogP contribution < -0.4 is 10.5 Å². The molecule has 3 rings (SSSR count). The topological polar surface area (TPSA) is 63.9 Å². The molecule has 0 spiro atoms. The summed E-state index contributed by atoms with van der Waals surface area (Å²) in [5.41, 5.74) is 9.75. The molecular weight excluding hydrogens is 262 g/mol. The van der Waals surface area contributed by atoms with Gasteiger partial charge in [0.1, 0.15) is 5.75 Å². The minimum atomic E-state index is 0.208. The van der Waals surface area contributed by atoms with Gasteiger partial charge in [-0.25, -0.2) is 0 Å². The fraction of sp³-hybridized carbons (Fsp3) is 0.471. The van der Waals surface area contributed by atoms with Crippen LogP contribution in [0.5, 0.6) is 5.75 Å². The number of hydrogen-bond acceptors (Lipinski definition) is 3. The third kappa shape index (κ3) is 2.28. The van der Waals surface area contributed by atoms with Crippen LogP contribution in [0, 0.1) is 0 Å². The van der Waals surface area contributed by atoms with Gasteiger partial charge in [0.05, 0.1) is 12.8 Å². The first kappa shape index (κ1) is 14.0. The molecule has 0 aliphatic heterocycles. The van der Waals surface area contributed by atoms with Crippen LogP contribution in [0.1, 0.15) is 44.7 Å². The molecule has 0 amide bonds. The Balaban J connectivity index is 2.07. The van der Waals surface area contributed by atoms with Crippen LogP contribution >= 0.6 is 0 Å². The molecule has 4 heteroatoms. The van der Waals surface area contributed by atoms with E-state index in [0.717, 1.165) is 23.3 Å². The molecule has 2 aromatic rings. The molecule has 21 heavy (non-hydrogen) atoms. The summed E-state index contributed by atoms with van der Waals surface area (Å²) in [6, 6.07) is 8.06. The fourth-order valence-corrected chi connectivity index (χ4v) is 3.62. The Morgan fingerprint density at radius 2 is 1.90 bits per heavy atom. The summed E-state index contributed by atoms with van der Waals surface area (Å²) in [5.74, 6) is 1.45. The van der Waals surface area contributed by atoms with E-state index in [1.54, 1.807) is 7.11 Å². The Morgan fingerprint density at radius 3 is 2.48 bits per heavy atom. The zero-order chi connectivity index (χ0) is 14.9. The number of ether oxygens (including phenoxy) is 1. The van der Waals surface area contributed by atoms with Gasteiger partial charge in [-0.3, -0.25) is 5.10 Å². The van der Waals surface area contributed by atoms with Crippen LogP contribution in [0.4, 0.5) is 5.82 Å². The predicted molar refractivity (Wildman–Crippen MR) is 85.4 cm³/mol. The Morgan fingerprint density at radius 1 is 1.24 bits per heavy atom. The lowest BCUT2D eigenvalue weighted by Gasteiger charge is -2.27. The number of nitrogens with two attached hydrogens (primary N) is 1. The van der Waals surface area contributed by atoms with Gasteiger partial charge in [0.2, 0.25) is 0 Å². The molecule has 0 bridgehead atoms. The third-order valence-corrected chi connectivity index (χ3v) is 4.94. The Bertz CT molecular complexity index is 609. The number of benzene rings is 1. The number of aromatic nitrogens is 2. The number of anilines is 1. The highest BCUT2D eigenvalue weighted by Crippen LogP contribution is 2.47. The van der Waals surface area contributed by atoms with Crippen LogP contribution in [0.25, 0.3) is 11.1 Å². The summed E-state index contributed by atoms with van der Waals surface area (Å²) >= 11 is 0. The fourth-order valence-electron chi connectivity index (χ4n) is 3.62. The summed E-state index contributed by atoms with van der Waals surface area (Å²) < 4.78 is 5.23. The van der Waals surface area contributed by atoms with Gasteiger partial charge in [-0.15, -0.1) is 0 Å². The second kappa shape index (κ2) is 5.43. The lowest BCUT2D eigenvalue weighted by molar-refractivity contribution is 0.412. The number of methoxy groups -OCH3 is 1. The molecule has 3 N–H and O–H groups in total. The van der Waals surface area contributed by atoms with E-state index in [2.05, 4.69) is 29.3 Å². The smallest absolute Gasteiger partial charge is 0.153 e. The zero-order valence-corrected chi connectivity index (χ0v) is 12.8. The lowest BCUT2D eigenvalue weighted by atomic mass is 9.77. The second-order valence-electron chi connectivity index (χ2n) is 5.93. The quantitative estimate of drug-likeness (QED) is 0.895. The number of rotatable bonds is 4. The largest absolute Gasteiger partial charge is 0.497 e. The molecule has 0 unspecified atom stereocenters. The molecule has 1 aromatic heterocycles. The highest BCUT2D eigenvalue weighted by Gasteiger charge is 2.38. The van der Waals surface area contributed by atoms with Crippen molar-refractivity contribution in [3.05, 3.63) is 30.0 Å². The summed E-state index contributed by atoms with van der Waals surface area (Å²) in [6.07, 6.45) is 6.13. The lowest BCUT2D eigenvalue weighted by Crippen LogP contribution is -2.22. The van der Waals surface area contributed by atoms with Gasteiger partial charge in [-0.2, -0.15) is 5.10 Å². The van der Waals surface area contributed by atoms with E-state index in [1.807, 2.05) is 12.1 Å². The molecule has 1 aliphatic carbocycles. The minimum Gasteiger partial charge on any atom is -0.497 e. The van der Waals surface area contributed by atoms with Crippen molar-refractivity contribution in [2.24, 2.45) is 0 Å². The maximum atomic E-state index is 6.15. The molecule has 1 fully saturated rings. The third-order valence-electron chi connectivity index (χ3n) is 4.94. The zero-order valence-electron chi connectivity index (χ0n) is 12.8. The average Bonchev–Trinajstić information content (AvgIpc) is 3.15. The first-order valence-corrected chi connectivity index (χ1v) is 7.69. The van der Waals surface area contributed by atoms with Crippen molar-refractivity contribution in [2.75, 3.05) is 12.8 Å². The molecule has 1 heterocycles. The summed E-state index contributed by atoms with van der Waals surface area (Å²) in [6.45, 7) is 2.26. The number of nitrogen functional groups attached to an aromatic ring is 1. The summed E-state index contributed by atoms with van der Waals surface area (Å²) in [7, 11) is 1.68. The van der Waals surface area contributed by atoms with Crippen LogP contribution in [-0.4, -0.2) is 17.3 Å². The van der Waals surface area contributed by atoms with Crippen molar-refractivity contribution in [1.82, 2.24) is 10.2 Å². The van der Waals surface area contributed by atoms with Gasteiger partial charge in [-0.1, -0.05) is 31.9 Å². The van der Waals surface area contributed by atoms with Gasteiger partial charge in [0.25, 0.3) is 0 Å². The number of nitrogens with zero attached hydrogens (tertiary/aromatic N) is 1. The highest BCUT2D eigenvalue weighted by molar-refractivity contribution is 5.77. The van der Waals surface area contributed by atoms with Crippen molar-refractivity contribution >= 4 is 5.82 Å². The van der Waals surface area contributed by atoms with E-state index in [9.17, 15) is 0 Å². The monoisotopic (exact) mass is 285 g/mol. The average molecular weight is 285 g/mol. The summed E-state index contributed by atoms with van der Waals surface area (Å²) in [5, 5.41) is 7.52. The van der Waals surface area contributed by atoms with E-state index < -0.39 is 0 Å². The first-order chi connectivity index (χ1) is 10.2. The van der Waals surface area contributed by atoms with E-state index in [4.69, 9.17) is 10.5 Å². The van der Waals surface area contributed by atoms with Crippen molar-refractivity contribution in [3.63, 3.8) is 0 Å². The van der Waals surface area contributed by atoms with Crippen LogP contribution in [-0.2, 0) is 5.41 Å².